The van der Waals surface area contributed by atoms with Gasteiger partial charge in [0.25, 0.3) is 0 Å². The smallest absolute Gasteiger partial charge is 0.317 e. The number of piperidine rings is 1. The number of rotatable bonds is 5. The molecule has 2 heterocycles. The molecule has 9 nitrogen and oxygen atoms in total. The summed E-state index contributed by atoms with van der Waals surface area (Å²) in [5.74, 6) is 1.85. The van der Waals surface area contributed by atoms with Gasteiger partial charge in [-0.2, -0.15) is 0 Å². The zero-order valence-electron chi connectivity index (χ0n) is 15.6. The number of anilines is 2. The molecule has 150 valence electrons. The Balaban J connectivity index is 1.39. The summed E-state index contributed by atoms with van der Waals surface area (Å²) in [4.78, 5) is 38.1. The second-order valence-corrected chi connectivity index (χ2v) is 7.26. The SMILES string of the molecule is C#Cc1cccc(NC(=O)CNC(=O)N2CCC(C(=O)Nc3nncs3)CC2)c1. The number of benzene rings is 1. The molecule has 1 fully saturated rings. The minimum Gasteiger partial charge on any atom is -0.329 e. The van der Waals surface area contributed by atoms with E-state index in [2.05, 4.69) is 32.1 Å². The molecule has 0 atom stereocenters. The summed E-state index contributed by atoms with van der Waals surface area (Å²) < 4.78 is 0. The third-order valence-corrected chi connectivity index (χ3v) is 5.06. The first kappa shape index (κ1) is 20.3. The Bertz CT molecular complexity index is 916. The van der Waals surface area contributed by atoms with Crippen molar-refractivity contribution in [3.63, 3.8) is 0 Å². The molecule has 0 unspecified atom stereocenters. The van der Waals surface area contributed by atoms with E-state index in [1.165, 1.54) is 11.3 Å². The van der Waals surface area contributed by atoms with E-state index < -0.39 is 0 Å². The topological polar surface area (TPSA) is 116 Å². The molecule has 29 heavy (non-hydrogen) atoms. The molecule has 0 aliphatic carbocycles. The van der Waals surface area contributed by atoms with E-state index in [-0.39, 0.29) is 30.3 Å². The van der Waals surface area contributed by atoms with Crippen molar-refractivity contribution in [3.8, 4) is 12.3 Å². The molecule has 1 aliphatic heterocycles. The Morgan fingerprint density at radius 3 is 2.72 bits per heavy atom. The minimum absolute atomic E-state index is 0.115. The highest BCUT2D eigenvalue weighted by Gasteiger charge is 2.27. The van der Waals surface area contributed by atoms with Gasteiger partial charge in [-0.15, -0.1) is 16.6 Å². The Labute approximate surface area is 171 Å². The average molecular weight is 412 g/mol. The van der Waals surface area contributed by atoms with Crippen LogP contribution in [-0.4, -0.2) is 52.6 Å². The van der Waals surface area contributed by atoms with Crippen LogP contribution in [0.25, 0.3) is 0 Å². The molecular formula is C19H20N6O3S. The van der Waals surface area contributed by atoms with Gasteiger partial charge in [-0.25, -0.2) is 4.79 Å². The molecule has 1 aromatic carbocycles. The number of likely N-dealkylation sites (tertiary alicyclic amines) is 1. The third kappa shape index (κ3) is 5.76. The van der Waals surface area contributed by atoms with Gasteiger partial charge < -0.3 is 20.9 Å². The first-order chi connectivity index (χ1) is 14.0. The molecule has 0 radical (unpaired) electrons. The first-order valence-electron chi connectivity index (χ1n) is 9.01. The summed E-state index contributed by atoms with van der Waals surface area (Å²) in [5, 5.41) is 15.9. The molecule has 0 saturated carbocycles. The fraction of sp³-hybridized carbons (Fsp3) is 0.316. The first-order valence-corrected chi connectivity index (χ1v) is 9.89. The maximum atomic E-state index is 12.3. The molecule has 1 aromatic heterocycles. The van der Waals surface area contributed by atoms with Crippen LogP contribution in [0, 0.1) is 18.3 Å². The van der Waals surface area contributed by atoms with E-state index in [0.717, 1.165) is 0 Å². The van der Waals surface area contributed by atoms with Crippen molar-refractivity contribution in [1.29, 1.82) is 0 Å². The molecule has 0 spiro atoms. The largest absolute Gasteiger partial charge is 0.329 e. The normalized spacial score (nSPS) is 14.0. The fourth-order valence-corrected chi connectivity index (χ4v) is 3.39. The lowest BCUT2D eigenvalue weighted by Crippen LogP contribution is -2.47. The number of carbonyl (C=O) groups excluding carboxylic acids is 3. The van der Waals surface area contributed by atoms with Crippen molar-refractivity contribution in [1.82, 2.24) is 20.4 Å². The van der Waals surface area contributed by atoms with Gasteiger partial charge in [0.1, 0.15) is 5.51 Å². The highest BCUT2D eigenvalue weighted by atomic mass is 32.1. The Hall–Kier alpha value is -3.45. The van der Waals surface area contributed by atoms with Gasteiger partial charge in [0.15, 0.2) is 0 Å². The van der Waals surface area contributed by atoms with Crippen LogP contribution in [0.2, 0.25) is 0 Å². The lowest BCUT2D eigenvalue weighted by molar-refractivity contribution is -0.121. The summed E-state index contributed by atoms with van der Waals surface area (Å²) in [6.07, 6.45) is 6.43. The molecule has 10 heteroatoms. The van der Waals surface area contributed by atoms with Crippen molar-refractivity contribution in [2.45, 2.75) is 12.8 Å². The predicted octanol–water partition coefficient (Wildman–Crippen LogP) is 1.52. The van der Waals surface area contributed by atoms with Crippen LogP contribution >= 0.6 is 11.3 Å². The van der Waals surface area contributed by atoms with Gasteiger partial charge in [-0.3, -0.25) is 9.59 Å². The van der Waals surface area contributed by atoms with Crippen molar-refractivity contribution in [3.05, 3.63) is 35.3 Å². The van der Waals surface area contributed by atoms with Crippen LogP contribution in [0.1, 0.15) is 18.4 Å². The summed E-state index contributed by atoms with van der Waals surface area (Å²) in [5.41, 5.74) is 2.77. The maximum Gasteiger partial charge on any atom is 0.317 e. The van der Waals surface area contributed by atoms with Crippen LogP contribution in [0.5, 0.6) is 0 Å². The second-order valence-electron chi connectivity index (χ2n) is 6.43. The number of aromatic nitrogens is 2. The zero-order valence-corrected chi connectivity index (χ0v) is 16.4. The maximum absolute atomic E-state index is 12.3. The number of hydrogen-bond acceptors (Lipinski definition) is 6. The molecule has 2 aromatic rings. The predicted molar refractivity (Wildman–Crippen MR) is 109 cm³/mol. The molecule has 1 aliphatic rings. The van der Waals surface area contributed by atoms with E-state index in [0.29, 0.717) is 42.3 Å². The van der Waals surface area contributed by atoms with E-state index in [1.54, 1.807) is 34.7 Å². The standard InChI is InChI=1S/C19H20N6O3S/c1-2-13-4-3-5-15(10-13)22-16(26)11-20-19(28)25-8-6-14(7-9-25)17(27)23-18-24-21-12-29-18/h1,3-5,10,12,14H,6-9,11H2,(H,20,28)(H,22,26)(H,23,24,27). The number of carbonyl (C=O) groups is 3. The van der Waals surface area contributed by atoms with Crippen LogP contribution in [0.3, 0.4) is 0 Å². The summed E-state index contributed by atoms with van der Waals surface area (Å²) in [6, 6.07) is 6.57. The average Bonchev–Trinajstić information content (AvgIpc) is 3.25. The number of amides is 4. The summed E-state index contributed by atoms with van der Waals surface area (Å²) in [6.45, 7) is 0.717. The molecule has 3 rings (SSSR count). The van der Waals surface area contributed by atoms with Crippen LogP contribution in [-0.2, 0) is 9.59 Å². The molecule has 1 saturated heterocycles. The van der Waals surface area contributed by atoms with Gasteiger partial charge in [0.05, 0.1) is 6.54 Å². The molecule has 4 amide bonds. The molecule has 3 N–H and O–H groups in total. The van der Waals surface area contributed by atoms with Gasteiger partial charge >= 0.3 is 6.03 Å². The summed E-state index contributed by atoms with van der Waals surface area (Å²) >= 11 is 1.26. The van der Waals surface area contributed by atoms with E-state index in [4.69, 9.17) is 6.42 Å². The number of hydrogen-bond donors (Lipinski definition) is 3. The van der Waals surface area contributed by atoms with Crippen molar-refractivity contribution < 1.29 is 14.4 Å². The van der Waals surface area contributed by atoms with Crippen molar-refractivity contribution in [2.75, 3.05) is 30.3 Å². The highest BCUT2D eigenvalue weighted by Crippen LogP contribution is 2.20. The number of terminal acetylenes is 1. The van der Waals surface area contributed by atoms with Crippen molar-refractivity contribution >= 4 is 40.0 Å². The van der Waals surface area contributed by atoms with Crippen LogP contribution in [0.4, 0.5) is 15.6 Å². The summed E-state index contributed by atoms with van der Waals surface area (Å²) in [7, 11) is 0. The Morgan fingerprint density at radius 2 is 2.03 bits per heavy atom. The lowest BCUT2D eigenvalue weighted by Gasteiger charge is -2.31. The van der Waals surface area contributed by atoms with E-state index in [1.807, 2.05) is 0 Å². The molecule has 0 bridgehead atoms. The van der Waals surface area contributed by atoms with Gasteiger partial charge in [-0.1, -0.05) is 23.3 Å². The van der Waals surface area contributed by atoms with Gasteiger partial charge in [0, 0.05) is 30.3 Å². The van der Waals surface area contributed by atoms with Crippen LogP contribution in [0.15, 0.2) is 29.8 Å². The Kier molecular flexibility index (Phi) is 6.76. The number of nitrogens with zero attached hydrogens (tertiary/aromatic N) is 3. The van der Waals surface area contributed by atoms with E-state index in [9.17, 15) is 14.4 Å². The lowest BCUT2D eigenvalue weighted by atomic mass is 9.96. The van der Waals surface area contributed by atoms with Gasteiger partial charge in [-0.05, 0) is 31.0 Å². The van der Waals surface area contributed by atoms with E-state index >= 15 is 0 Å². The highest BCUT2D eigenvalue weighted by molar-refractivity contribution is 7.13. The number of urea groups is 1. The van der Waals surface area contributed by atoms with Crippen molar-refractivity contribution in [2.24, 2.45) is 5.92 Å². The van der Waals surface area contributed by atoms with Crippen LogP contribution < -0.4 is 16.0 Å². The number of nitrogens with one attached hydrogen (secondary N) is 3. The van der Waals surface area contributed by atoms with Gasteiger partial charge in [0.2, 0.25) is 16.9 Å². The quantitative estimate of drug-likeness (QED) is 0.644. The zero-order chi connectivity index (χ0) is 20.6. The monoisotopic (exact) mass is 412 g/mol. The fourth-order valence-electron chi connectivity index (χ4n) is 2.94. The third-order valence-electron chi connectivity index (χ3n) is 4.46. The Morgan fingerprint density at radius 1 is 1.24 bits per heavy atom. The second kappa shape index (κ2) is 9.66. The minimum atomic E-state index is -0.348. The molecular weight excluding hydrogens is 392 g/mol.